The van der Waals surface area contributed by atoms with Crippen molar-refractivity contribution in [3.05, 3.63) is 0 Å². The fourth-order valence-electron chi connectivity index (χ4n) is 2.74. The predicted octanol–water partition coefficient (Wildman–Crippen LogP) is 3.02. The van der Waals surface area contributed by atoms with E-state index in [0.717, 1.165) is 45.1 Å². The third-order valence-corrected chi connectivity index (χ3v) is 4.13. The Morgan fingerprint density at radius 3 is 2.28 bits per heavy atom. The van der Waals surface area contributed by atoms with Crippen LogP contribution in [0.2, 0.25) is 0 Å². The van der Waals surface area contributed by atoms with Crippen LogP contribution in [0.5, 0.6) is 0 Å². The summed E-state index contributed by atoms with van der Waals surface area (Å²) in [6, 6.07) is 0. The molecule has 0 unspecified atom stereocenters. The van der Waals surface area contributed by atoms with Gasteiger partial charge in [0, 0.05) is 18.6 Å². The van der Waals surface area contributed by atoms with Crippen molar-refractivity contribution < 1.29 is 9.90 Å². The number of aliphatic hydroxyl groups excluding tert-OH is 1. The lowest BCUT2D eigenvalue weighted by atomic mass is 9.81. The molecule has 0 bridgehead atoms. The average Bonchev–Trinajstić information content (AvgIpc) is 2.59. The summed E-state index contributed by atoms with van der Waals surface area (Å²) in [6.07, 6.45) is 11.1. The van der Waals surface area contributed by atoms with Crippen molar-refractivity contribution in [1.29, 1.82) is 0 Å². The number of aliphatic hydroxyl groups is 1. The quantitative estimate of drug-likeness (QED) is 0.542. The summed E-state index contributed by atoms with van der Waals surface area (Å²) in [7, 11) is 0. The van der Waals surface area contributed by atoms with Gasteiger partial charge in [-0.25, -0.2) is 0 Å². The van der Waals surface area contributed by atoms with Gasteiger partial charge >= 0.3 is 0 Å². The molecular formula is C15H29NO2. The standard InChI is InChI=1S/C15H29NO2/c1-15(10-6-2-3-7-11-15)14(18)16-12-8-4-5-9-13-17/h17H,2-13H2,1H3,(H,16,18). The largest absolute Gasteiger partial charge is 0.396 e. The maximum Gasteiger partial charge on any atom is 0.225 e. The molecule has 0 spiro atoms. The Bertz CT molecular complexity index is 233. The van der Waals surface area contributed by atoms with Gasteiger partial charge in [-0.05, 0) is 25.7 Å². The van der Waals surface area contributed by atoms with E-state index < -0.39 is 0 Å². The molecule has 0 heterocycles. The van der Waals surface area contributed by atoms with Gasteiger partial charge in [-0.15, -0.1) is 0 Å². The molecule has 106 valence electrons. The Balaban J connectivity index is 2.18. The Morgan fingerprint density at radius 1 is 1.06 bits per heavy atom. The number of carbonyl (C=O) groups excluding carboxylic acids is 1. The highest BCUT2D eigenvalue weighted by atomic mass is 16.2. The van der Waals surface area contributed by atoms with E-state index in [9.17, 15) is 4.79 Å². The van der Waals surface area contributed by atoms with E-state index in [1.807, 2.05) is 0 Å². The predicted molar refractivity (Wildman–Crippen MR) is 74.4 cm³/mol. The SMILES string of the molecule is CC1(C(=O)NCCCCCCO)CCCCCC1. The second-order valence-electron chi connectivity index (χ2n) is 5.87. The van der Waals surface area contributed by atoms with Crippen LogP contribution in [0, 0.1) is 5.41 Å². The lowest BCUT2D eigenvalue weighted by molar-refractivity contribution is -0.130. The van der Waals surface area contributed by atoms with E-state index in [-0.39, 0.29) is 17.9 Å². The second kappa shape index (κ2) is 8.52. The van der Waals surface area contributed by atoms with Crippen LogP contribution in [0.15, 0.2) is 0 Å². The zero-order valence-corrected chi connectivity index (χ0v) is 11.8. The van der Waals surface area contributed by atoms with Crippen molar-refractivity contribution in [3.8, 4) is 0 Å². The van der Waals surface area contributed by atoms with E-state index in [0.29, 0.717) is 0 Å². The highest BCUT2D eigenvalue weighted by Gasteiger charge is 2.32. The van der Waals surface area contributed by atoms with Crippen LogP contribution in [0.25, 0.3) is 0 Å². The summed E-state index contributed by atoms with van der Waals surface area (Å²) in [6.45, 7) is 3.20. The molecule has 0 aromatic carbocycles. The summed E-state index contributed by atoms with van der Waals surface area (Å²) in [5, 5.41) is 11.8. The molecule has 18 heavy (non-hydrogen) atoms. The van der Waals surface area contributed by atoms with E-state index in [1.54, 1.807) is 0 Å². The molecule has 1 saturated carbocycles. The average molecular weight is 255 g/mol. The van der Waals surface area contributed by atoms with Gasteiger partial charge in [-0.2, -0.15) is 0 Å². The van der Waals surface area contributed by atoms with Gasteiger partial charge in [0.05, 0.1) is 0 Å². The van der Waals surface area contributed by atoms with Crippen LogP contribution < -0.4 is 5.32 Å². The van der Waals surface area contributed by atoms with Crippen LogP contribution in [0.1, 0.15) is 71.1 Å². The van der Waals surface area contributed by atoms with Gasteiger partial charge in [-0.3, -0.25) is 4.79 Å². The van der Waals surface area contributed by atoms with Crippen molar-refractivity contribution in [2.75, 3.05) is 13.2 Å². The molecule has 3 nitrogen and oxygen atoms in total. The fourth-order valence-corrected chi connectivity index (χ4v) is 2.74. The van der Waals surface area contributed by atoms with Gasteiger partial charge in [0.15, 0.2) is 0 Å². The molecule has 1 rings (SSSR count). The summed E-state index contributed by atoms with van der Waals surface area (Å²) >= 11 is 0. The molecule has 1 fully saturated rings. The molecule has 3 heteroatoms. The fraction of sp³-hybridized carbons (Fsp3) is 0.933. The third kappa shape index (κ3) is 5.38. The Kier molecular flexibility index (Phi) is 7.33. The lowest BCUT2D eigenvalue weighted by Gasteiger charge is -2.26. The van der Waals surface area contributed by atoms with Crippen LogP contribution in [-0.2, 0) is 4.79 Å². The van der Waals surface area contributed by atoms with Crippen LogP contribution in [0.4, 0.5) is 0 Å². The minimum atomic E-state index is -0.123. The Hall–Kier alpha value is -0.570. The lowest BCUT2D eigenvalue weighted by Crippen LogP contribution is -2.39. The molecule has 0 saturated heterocycles. The summed E-state index contributed by atoms with van der Waals surface area (Å²) < 4.78 is 0. The Labute approximate surface area is 111 Å². The van der Waals surface area contributed by atoms with E-state index >= 15 is 0 Å². The number of carbonyl (C=O) groups is 1. The van der Waals surface area contributed by atoms with Gasteiger partial charge in [0.25, 0.3) is 0 Å². The van der Waals surface area contributed by atoms with Crippen molar-refractivity contribution in [3.63, 3.8) is 0 Å². The first-order valence-corrected chi connectivity index (χ1v) is 7.58. The summed E-state index contributed by atoms with van der Waals surface area (Å²) in [5.74, 6) is 0.256. The zero-order chi connectivity index (χ0) is 13.3. The van der Waals surface area contributed by atoms with E-state index in [2.05, 4.69) is 12.2 Å². The van der Waals surface area contributed by atoms with Crippen molar-refractivity contribution >= 4 is 5.91 Å². The van der Waals surface area contributed by atoms with E-state index in [4.69, 9.17) is 5.11 Å². The number of nitrogens with one attached hydrogen (secondary N) is 1. The molecular weight excluding hydrogens is 226 g/mol. The van der Waals surface area contributed by atoms with Gasteiger partial charge in [0.2, 0.25) is 5.91 Å². The smallest absolute Gasteiger partial charge is 0.225 e. The van der Waals surface area contributed by atoms with Crippen LogP contribution in [-0.4, -0.2) is 24.2 Å². The second-order valence-corrected chi connectivity index (χ2v) is 5.87. The third-order valence-electron chi connectivity index (χ3n) is 4.13. The zero-order valence-electron chi connectivity index (χ0n) is 11.8. The van der Waals surface area contributed by atoms with Crippen LogP contribution in [0.3, 0.4) is 0 Å². The molecule has 0 aliphatic heterocycles. The molecule has 0 aromatic rings. The number of rotatable bonds is 7. The molecule has 1 aliphatic rings. The highest BCUT2D eigenvalue weighted by Crippen LogP contribution is 2.34. The maximum atomic E-state index is 12.2. The van der Waals surface area contributed by atoms with Gasteiger partial charge in [-0.1, -0.05) is 45.4 Å². The molecule has 0 atom stereocenters. The number of hydrogen-bond acceptors (Lipinski definition) is 2. The minimum absolute atomic E-state index is 0.123. The normalized spacial score (nSPS) is 19.2. The van der Waals surface area contributed by atoms with Crippen molar-refractivity contribution in [2.24, 2.45) is 5.41 Å². The first-order valence-electron chi connectivity index (χ1n) is 7.58. The van der Waals surface area contributed by atoms with E-state index in [1.165, 1.54) is 25.7 Å². The molecule has 1 amide bonds. The maximum absolute atomic E-state index is 12.2. The summed E-state index contributed by atoms with van der Waals surface area (Å²) in [5.41, 5.74) is -0.123. The molecule has 0 aromatic heterocycles. The first-order chi connectivity index (χ1) is 8.69. The van der Waals surface area contributed by atoms with Crippen LogP contribution >= 0.6 is 0 Å². The number of amides is 1. The number of unbranched alkanes of at least 4 members (excludes halogenated alkanes) is 3. The molecule has 0 radical (unpaired) electrons. The van der Waals surface area contributed by atoms with Gasteiger partial charge < -0.3 is 10.4 Å². The monoisotopic (exact) mass is 255 g/mol. The first kappa shape index (κ1) is 15.5. The van der Waals surface area contributed by atoms with Gasteiger partial charge in [0.1, 0.15) is 0 Å². The van der Waals surface area contributed by atoms with Crippen molar-refractivity contribution in [1.82, 2.24) is 5.32 Å². The topological polar surface area (TPSA) is 49.3 Å². The summed E-state index contributed by atoms with van der Waals surface area (Å²) in [4.78, 5) is 12.2. The molecule has 1 aliphatic carbocycles. The van der Waals surface area contributed by atoms with Crippen molar-refractivity contribution in [2.45, 2.75) is 71.1 Å². The minimum Gasteiger partial charge on any atom is -0.396 e. The Morgan fingerprint density at radius 2 is 1.67 bits per heavy atom. The highest BCUT2D eigenvalue weighted by molar-refractivity contribution is 5.82. The number of hydrogen-bond donors (Lipinski definition) is 2. The molecule has 2 N–H and O–H groups in total.